The molecule has 2 N–H and O–H groups in total. The maximum Gasteiger partial charge on any atom is 0.231 e. The van der Waals surface area contributed by atoms with Crippen molar-refractivity contribution in [3.63, 3.8) is 0 Å². The van der Waals surface area contributed by atoms with Crippen LogP contribution in [0.2, 0.25) is 5.02 Å². The number of piperazine rings is 1. The van der Waals surface area contributed by atoms with Gasteiger partial charge in [-0.25, -0.2) is 4.98 Å². The van der Waals surface area contributed by atoms with Crippen LogP contribution in [0.3, 0.4) is 0 Å². The summed E-state index contributed by atoms with van der Waals surface area (Å²) in [5.74, 6) is 0.694. The highest BCUT2D eigenvalue weighted by atomic mass is 35.5. The molecule has 10 heteroatoms. The van der Waals surface area contributed by atoms with Crippen molar-refractivity contribution in [2.75, 3.05) is 77.1 Å². The van der Waals surface area contributed by atoms with E-state index >= 15 is 0 Å². The minimum Gasteiger partial charge on any atom is -0.490 e. The van der Waals surface area contributed by atoms with E-state index in [2.05, 4.69) is 45.0 Å². The van der Waals surface area contributed by atoms with Crippen LogP contribution in [-0.2, 0) is 9.53 Å². The summed E-state index contributed by atoms with van der Waals surface area (Å²) in [6.45, 7) is 12.8. The van der Waals surface area contributed by atoms with E-state index in [4.69, 9.17) is 21.1 Å². The van der Waals surface area contributed by atoms with Gasteiger partial charge in [0, 0.05) is 75.0 Å². The second kappa shape index (κ2) is 13.7. The van der Waals surface area contributed by atoms with E-state index in [0.29, 0.717) is 37.3 Å². The standard InChI is InChI=1S/C30H41ClN6O3/c1-22(2)33-20-26(23-4-6-24(31)7-5-23)30(38)37-13-11-36(12-14-37)28-25-8-9-32-29(25)34-21-27(28)40-17-3-10-35-15-18-39-19-16-35/h4-9,21-22,26,33H,3,10-20H2,1-2H3,(H,32,34). The number of aromatic amines is 1. The van der Waals surface area contributed by atoms with Gasteiger partial charge in [-0.3, -0.25) is 9.69 Å². The van der Waals surface area contributed by atoms with Crippen molar-refractivity contribution in [2.45, 2.75) is 32.2 Å². The van der Waals surface area contributed by atoms with Gasteiger partial charge in [0.05, 0.1) is 37.6 Å². The number of benzene rings is 1. The summed E-state index contributed by atoms with van der Waals surface area (Å²) in [5, 5.41) is 5.18. The van der Waals surface area contributed by atoms with Crippen LogP contribution >= 0.6 is 11.6 Å². The Morgan fingerprint density at radius 1 is 1.10 bits per heavy atom. The number of rotatable bonds is 11. The first-order chi connectivity index (χ1) is 19.5. The van der Waals surface area contributed by atoms with Gasteiger partial charge in [-0.15, -0.1) is 0 Å². The number of morpholine rings is 1. The van der Waals surface area contributed by atoms with Crippen LogP contribution < -0.4 is 15.0 Å². The molecule has 1 amide bonds. The van der Waals surface area contributed by atoms with Crippen molar-refractivity contribution >= 4 is 34.2 Å². The SMILES string of the molecule is CC(C)NCC(C(=O)N1CCN(c2c(OCCCN3CCOCC3)cnc3[nH]ccc23)CC1)c1ccc(Cl)cc1. The zero-order valence-electron chi connectivity index (χ0n) is 23.6. The molecule has 216 valence electrons. The topological polar surface area (TPSA) is 86.0 Å². The number of hydrogen-bond donors (Lipinski definition) is 2. The first-order valence-electron chi connectivity index (χ1n) is 14.4. The van der Waals surface area contributed by atoms with E-state index in [1.54, 1.807) is 0 Å². The molecule has 2 aliphatic rings. The monoisotopic (exact) mass is 568 g/mol. The molecule has 0 radical (unpaired) electrons. The summed E-state index contributed by atoms with van der Waals surface area (Å²) in [6, 6.07) is 10.00. The smallest absolute Gasteiger partial charge is 0.231 e. The van der Waals surface area contributed by atoms with E-state index < -0.39 is 0 Å². The highest BCUT2D eigenvalue weighted by Gasteiger charge is 2.30. The third-order valence-corrected chi connectivity index (χ3v) is 7.96. The molecule has 1 aromatic carbocycles. The molecule has 9 nitrogen and oxygen atoms in total. The third-order valence-electron chi connectivity index (χ3n) is 7.71. The molecule has 2 aromatic heterocycles. The van der Waals surface area contributed by atoms with Crippen molar-refractivity contribution < 1.29 is 14.3 Å². The highest BCUT2D eigenvalue weighted by molar-refractivity contribution is 6.30. The predicted octanol–water partition coefficient (Wildman–Crippen LogP) is 3.75. The Morgan fingerprint density at radius 2 is 1.85 bits per heavy atom. The number of anilines is 1. The fourth-order valence-corrected chi connectivity index (χ4v) is 5.60. The molecule has 2 saturated heterocycles. The number of aromatic nitrogens is 2. The lowest BCUT2D eigenvalue weighted by molar-refractivity contribution is -0.133. The molecule has 1 unspecified atom stereocenters. The van der Waals surface area contributed by atoms with Gasteiger partial charge < -0.3 is 29.6 Å². The van der Waals surface area contributed by atoms with Gasteiger partial charge >= 0.3 is 0 Å². The normalized spacial score (nSPS) is 17.5. The number of pyridine rings is 1. The number of halogens is 1. The van der Waals surface area contributed by atoms with Gasteiger partial charge in [-0.05, 0) is 30.2 Å². The number of ether oxygens (including phenoxy) is 2. The van der Waals surface area contributed by atoms with E-state index in [0.717, 1.165) is 80.4 Å². The van der Waals surface area contributed by atoms with Crippen LogP contribution in [0.5, 0.6) is 5.75 Å². The molecule has 2 fully saturated rings. The summed E-state index contributed by atoms with van der Waals surface area (Å²) >= 11 is 6.13. The van der Waals surface area contributed by atoms with Crippen molar-refractivity contribution in [2.24, 2.45) is 0 Å². The average Bonchev–Trinajstić information content (AvgIpc) is 3.45. The summed E-state index contributed by atoms with van der Waals surface area (Å²) in [7, 11) is 0. The van der Waals surface area contributed by atoms with Crippen LogP contribution in [0.4, 0.5) is 5.69 Å². The average molecular weight is 569 g/mol. The van der Waals surface area contributed by atoms with Crippen molar-refractivity contribution in [1.29, 1.82) is 0 Å². The Bertz CT molecular complexity index is 1240. The number of carbonyl (C=O) groups excluding carboxylic acids is 1. The van der Waals surface area contributed by atoms with Crippen molar-refractivity contribution in [1.82, 2.24) is 25.1 Å². The van der Waals surface area contributed by atoms with Gasteiger partial charge in [0.1, 0.15) is 5.65 Å². The van der Waals surface area contributed by atoms with Gasteiger partial charge in [0.25, 0.3) is 0 Å². The number of nitrogens with zero attached hydrogens (tertiary/aromatic N) is 4. The van der Waals surface area contributed by atoms with Crippen molar-refractivity contribution in [3.05, 3.63) is 53.3 Å². The van der Waals surface area contributed by atoms with Gasteiger partial charge in [0.2, 0.25) is 5.91 Å². The van der Waals surface area contributed by atoms with Crippen LogP contribution in [0.1, 0.15) is 31.7 Å². The minimum atomic E-state index is -0.256. The molecule has 0 saturated carbocycles. The zero-order valence-corrected chi connectivity index (χ0v) is 24.3. The Labute approximate surface area is 241 Å². The first-order valence-corrected chi connectivity index (χ1v) is 14.8. The van der Waals surface area contributed by atoms with E-state index in [1.807, 2.05) is 41.6 Å². The fraction of sp³-hybridized carbons (Fsp3) is 0.533. The van der Waals surface area contributed by atoms with Gasteiger partial charge in [0.15, 0.2) is 5.75 Å². The first kappa shape index (κ1) is 28.7. The van der Waals surface area contributed by atoms with Crippen LogP contribution in [0.15, 0.2) is 42.7 Å². The number of fused-ring (bicyclic) bond motifs is 1. The predicted molar refractivity (Wildman–Crippen MR) is 160 cm³/mol. The quantitative estimate of drug-likeness (QED) is 0.341. The molecule has 0 spiro atoms. The Hall–Kier alpha value is -2.85. The lowest BCUT2D eigenvalue weighted by atomic mass is 9.96. The molecule has 3 aromatic rings. The Kier molecular flexibility index (Phi) is 9.80. The minimum absolute atomic E-state index is 0.149. The second-order valence-electron chi connectivity index (χ2n) is 10.8. The van der Waals surface area contributed by atoms with Crippen LogP contribution in [-0.4, -0.2) is 104 Å². The molecular weight excluding hydrogens is 528 g/mol. The molecular formula is C30H41ClN6O3. The molecule has 2 aliphatic heterocycles. The highest BCUT2D eigenvalue weighted by Crippen LogP contribution is 2.36. The molecule has 40 heavy (non-hydrogen) atoms. The molecule has 0 aliphatic carbocycles. The lowest BCUT2D eigenvalue weighted by Crippen LogP contribution is -2.51. The van der Waals surface area contributed by atoms with Crippen LogP contribution in [0, 0.1) is 0 Å². The summed E-state index contributed by atoms with van der Waals surface area (Å²) in [4.78, 5) is 28.3. The van der Waals surface area contributed by atoms with Crippen LogP contribution in [0.25, 0.3) is 11.0 Å². The summed E-state index contributed by atoms with van der Waals surface area (Å²) < 4.78 is 11.8. The summed E-state index contributed by atoms with van der Waals surface area (Å²) in [6.07, 6.45) is 4.69. The lowest BCUT2D eigenvalue weighted by Gasteiger charge is -2.38. The maximum atomic E-state index is 13.8. The van der Waals surface area contributed by atoms with Gasteiger partial charge in [-0.1, -0.05) is 37.6 Å². The Morgan fingerprint density at radius 3 is 2.58 bits per heavy atom. The number of nitrogens with one attached hydrogen (secondary N) is 2. The fourth-order valence-electron chi connectivity index (χ4n) is 5.47. The number of hydrogen-bond acceptors (Lipinski definition) is 7. The number of carbonyl (C=O) groups is 1. The molecule has 0 bridgehead atoms. The maximum absolute atomic E-state index is 13.8. The van der Waals surface area contributed by atoms with Gasteiger partial charge in [-0.2, -0.15) is 0 Å². The zero-order chi connectivity index (χ0) is 27.9. The number of amides is 1. The second-order valence-corrected chi connectivity index (χ2v) is 11.3. The summed E-state index contributed by atoms with van der Waals surface area (Å²) in [5.41, 5.74) is 2.89. The van der Waals surface area contributed by atoms with E-state index in [-0.39, 0.29) is 11.8 Å². The third kappa shape index (κ3) is 7.07. The molecule has 4 heterocycles. The van der Waals surface area contributed by atoms with Crippen molar-refractivity contribution in [3.8, 4) is 5.75 Å². The van der Waals surface area contributed by atoms with E-state index in [9.17, 15) is 4.79 Å². The Balaban J connectivity index is 1.24. The number of H-pyrrole nitrogens is 1. The largest absolute Gasteiger partial charge is 0.490 e. The molecule has 5 rings (SSSR count). The molecule has 1 atom stereocenters. The van der Waals surface area contributed by atoms with E-state index in [1.165, 1.54) is 0 Å².